The highest BCUT2D eigenvalue weighted by molar-refractivity contribution is 5.95. The number of hydrogen-bond acceptors (Lipinski definition) is 3. The van der Waals surface area contributed by atoms with Crippen molar-refractivity contribution in [2.45, 2.75) is 19.9 Å². The molecule has 0 aromatic heterocycles. The smallest absolute Gasteiger partial charge is 0.240 e. The third-order valence-corrected chi connectivity index (χ3v) is 1.89. The molecule has 0 radical (unpaired) electrons. The molecule has 0 fully saturated rings. The minimum absolute atomic E-state index is 0.132. The van der Waals surface area contributed by atoms with Crippen LogP contribution >= 0.6 is 0 Å². The van der Waals surface area contributed by atoms with Crippen LogP contribution in [0.3, 0.4) is 0 Å². The Morgan fingerprint density at radius 2 is 1.56 bits per heavy atom. The molecule has 5 heteroatoms. The lowest BCUT2D eigenvalue weighted by molar-refractivity contribution is -0.117. The number of anilines is 2. The lowest BCUT2D eigenvalue weighted by Gasteiger charge is -2.08. The minimum atomic E-state index is -0.546. The van der Waals surface area contributed by atoms with Gasteiger partial charge >= 0.3 is 0 Å². The summed E-state index contributed by atoms with van der Waals surface area (Å²) in [6.07, 6.45) is 0. The molecule has 86 valence electrons. The number of amides is 2. The topological polar surface area (TPSA) is 84.2 Å². The van der Waals surface area contributed by atoms with E-state index in [0.29, 0.717) is 11.4 Å². The zero-order valence-electron chi connectivity index (χ0n) is 9.28. The van der Waals surface area contributed by atoms with Crippen molar-refractivity contribution >= 4 is 23.2 Å². The van der Waals surface area contributed by atoms with Crippen LogP contribution < -0.4 is 16.4 Å². The number of nitrogens with two attached hydrogens (primary N) is 1. The molecule has 1 aromatic carbocycles. The van der Waals surface area contributed by atoms with Gasteiger partial charge in [0.05, 0.1) is 6.04 Å². The Hall–Kier alpha value is -1.88. The summed E-state index contributed by atoms with van der Waals surface area (Å²) in [6, 6.07) is 6.27. The molecule has 0 aliphatic carbocycles. The number of carbonyl (C=O) groups is 2. The molecule has 1 unspecified atom stereocenters. The number of carbonyl (C=O) groups excluding carboxylic acids is 2. The van der Waals surface area contributed by atoms with Crippen molar-refractivity contribution in [2.24, 2.45) is 5.73 Å². The van der Waals surface area contributed by atoms with Crippen LogP contribution in [0.2, 0.25) is 0 Å². The van der Waals surface area contributed by atoms with Gasteiger partial charge in [-0.3, -0.25) is 9.59 Å². The fourth-order valence-electron chi connectivity index (χ4n) is 1.10. The zero-order valence-corrected chi connectivity index (χ0v) is 9.28. The summed E-state index contributed by atoms with van der Waals surface area (Å²) in [4.78, 5) is 22.0. The number of benzene rings is 1. The van der Waals surface area contributed by atoms with E-state index in [4.69, 9.17) is 5.73 Å². The van der Waals surface area contributed by atoms with Gasteiger partial charge in [0.1, 0.15) is 0 Å². The third-order valence-electron chi connectivity index (χ3n) is 1.89. The van der Waals surface area contributed by atoms with Crippen molar-refractivity contribution in [3.8, 4) is 0 Å². The monoisotopic (exact) mass is 221 g/mol. The number of rotatable bonds is 3. The summed E-state index contributed by atoms with van der Waals surface area (Å²) in [5.74, 6) is -0.375. The fourth-order valence-corrected chi connectivity index (χ4v) is 1.10. The van der Waals surface area contributed by atoms with Crippen molar-refractivity contribution in [3.05, 3.63) is 24.3 Å². The Morgan fingerprint density at radius 1 is 1.12 bits per heavy atom. The van der Waals surface area contributed by atoms with E-state index in [1.54, 1.807) is 31.2 Å². The van der Waals surface area contributed by atoms with Gasteiger partial charge in [0.15, 0.2) is 0 Å². The molecule has 0 saturated carbocycles. The van der Waals surface area contributed by atoms with Crippen LogP contribution in [-0.4, -0.2) is 17.9 Å². The van der Waals surface area contributed by atoms with Gasteiger partial charge in [0.25, 0.3) is 0 Å². The van der Waals surface area contributed by atoms with Gasteiger partial charge in [0.2, 0.25) is 11.8 Å². The highest BCUT2D eigenvalue weighted by Crippen LogP contribution is 2.13. The second-order valence-electron chi connectivity index (χ2n) is 3.54. The quantitative estimate of drug-likeness (QED) is 0.710. The van der Waals surface area contributed by atoms with E-state index >= 15 is 0 Å². The lowest BCUT2D eigenvalue weighted by Crippen LogP contribution is -2.32. The van der Waals surface area contributed by atoms with E-state index in [9.17, 15) is 9.59 Å². The lowest BCUT2D eigenvalue weighted by atomic mass is 10.2. The molecule has 0 saturated heterocycles. The fraction of sp³-hybridized carbons (Fsp3) is 0.273. The maximum atomic E-state index is 11.3. The Bertz CT molecular complexity index is 385. The Labute approximate surface area is 94.0 Å². The van der Waals surface area contributed by atoms with E-state index < -0.39 is 6.04 Å². The Kier molecular flexibility index (Phi) is 4.02. The second kappa shape index (κ2) is 5.27. The van der Waals surface area contributed by atoms with Crippen LogP contribution in [0.4, 0.5) is 11.4 Å². The van der Waals surface area contributed by atoms with Crippen molar-refractivity contribution in [2.75, 3.05) is 10.6 Å². The van der Waals surface area contributed by atoms with Crippen LogP contribution in [0.1, 0.15) is 13.8 Å². The van der Waals surface area contributed by atoms with Gasteiger partial charge in [-0.2, -0.15) is 0 Å². The first-order valence-electron chi connectivity index (χ1n) is 4.93. The third kappa shape index (κ3) is 3.70. The molecule has 4 N–H and O–H groups in total. The molecule has 16 heavy (non-hydrogen) atoms. The maximum absolute atomic E-state index is 11.3. The van der Waals surface area contributed by atoms with Gasteiger partial charge in [-0.1, -0.05) is 0 Å². The van der Waals surface area contributed by atoms with E-state index in [2.05, 4.69) is 10.6 Å². The number of nitrogens with one attached hydrogen (secondary N) is 2. The predicted molar refractivity (Wildman–Crippen MR) is 63.0 cm³/mol. The number of hydrogen-bond donors (Lipinski definition) is 3. The van der Waals surface area contributed by atoms with Gasteiger partial charge in [-0.15, -0.1) is 0 Å². The summed E-state index contributed by atoms with van der Waals surface area (Å²) < 4.78 is 0. The van der Waals surface area contributed by atoms with Gasteiger partial charge < -0.3 is 16.4 Å². The van der Waals surface area contributed by atoms with Gasteiger partial charge in [-0.05, 0) is 31.2 Å². The summed E-state index contributed by atoms with van der Waals surface area (Å²) in [6.45, 7) is 3.05. The molecule has 0 heterocycles. The standard InChI is InChI=1S/C11H15N3O2/c1-7(12)11(16)14-10-5-3-9(4-6-10)13-8(2)15/h3-7H,12H2,1-2H3,(H,13,15)(H,14,16). The molecule has 0 aliphatic rings. The molecule has 1 rings (SSSR count). The molecule has 1 atom stereocenters. The molecule has 0 spiro atoms. The van der Waals surface area contributed by atoms with Gasteiger partial charge in [-0.25, -0.2) is 0 Å². The Morgan fingerprint density at radius 3 is 1.94 bits per heavy atom. The van der Waals surface area contributed by atoms with Gasteiger partial charge in [0, 0.05) is 18.3 Å². The summed E-state index contributed by atoms with van der Waals surface area (Å²) in [5, 5.41) is 5.28. The van der Waals surface area contributed by atoms with Crippen molar-refractivity contribution in [1.29, 1.82) is 0 Å². The molecule has 0 bridgehead atoms. The van der Waals surface area contributed by atoms with E-state index in [1.807, 2.05) is 0 Å². The van der Waals surface area contributed by atoms with Crippen LogP contribution in [0.25, 0.3) is 0 Å². The molecule has 5 nitrogen and oxygen atoms in total. The first kappa shape index (κ1) is 12.2. The maximum Gasteiger partial charge on any atom is 0.240 e. The first-order chi connectivity index (χ1) is 7.49. The zero-order chi connectivity index (χ0) is 12.1. The van der Waals surface area contributed by atoms with Crippen LogP contribution in [-0.2, 0) is 9.59 Å². The van der Waals surface area contributed by atoms with E-state index in [0.717, 1.165) is 0 Å². The second-order valence-corrected chi connectivity index (χ2v) is 3.54. The van der Waals surface area contributed by atoms with E-state index in [-0.39, 0.29) is 11.8 Å². The van der Waals surface area contributed by atoms with Crippen LogP contribution in [0.5, 0.6) is 0 Å². The van der Waals surface area contributed by atoms with Crippen LogP contribution in [0, 0.1) is 0 Å². The highest BCUT2D eigenvalue weighted by atomic mass is 16.2. The Balaban J connectivity index is 2.64. The van der Waals surface area contributed by atoms with Crippen molar-refractivity contribution in [3.63, 3.8) is 0 Å². The average Bonchev–Trinajstić information content (AvgIpc) is 2.20. The molecular formula is C11H15N3O2. The highest BCUT2D eigenvalue weighted by Gasteiger charge is 2.06. The summed E-state index contributed by atoms with van der Waals surface area (Å²) in [5.41, 5.74) is 6.75. The van der Waals surface area contributed by atoms with Crippen molar-refractivity contribution in [1.82, 2.24) is 0 Å². The average molecular weight is 221 g/mol. The molecule has 2 amide bonds. The molecule has 0 aliphatic heterocycles. The van der Waals surface area contributed by atoms with E-state index in [1.165, 1.54) is 6.92 Å². The minimum Gasteiger partial charge on any atom is -0.326 e. The largest absolute Gasteiger partial charge is 0.326 e. The normalized spacial score (nSPS) is 11.7. The summed E-state index contributed by atoms with van der Waals surface area (Å²) >= 11 is 0. The SMILES string of the molecule is CC(=O)Nc1ccc(NC(=O)C(C)N)cc1. The van der Waals surface area contributed by atoms with Crippen molar-refractivity contribution < 1.29 is 9.59 Å². The first-order valence-corrected chi connectivity index (χ1v) is 4.93. The molecule has 1 aromatic rings. The van der Waals surface area contributed by atoms with Crippen LogP contribution in [0.15, 0.2) is 24.3 Å². The molecular weight excluding hydrogens is 206 g/mol. The predicted octanol–water partition coefficient (Wildman–Crippen LogP) is 0.931. The summed E-state index contributed by atoms with van der Waals surface area (Å²) in [7, 11) is 0.